The van der Waals surface area contributed by atoms with Gasteiger partial charge in [0.05, 0.1) is 38.6 Å². The zero-order valence-corrected chi connectivity index (χ0v) is 16.1. The molecular formula is C18H34N2O6. The van der Waals surface area contributed by atoms with E-state index >= 15 is 0 Å². The lowest BCUT2D eigenvalue weighted by molar-refractivity contribution is -0.171. The molecule has 2 rings (SSSR count). The molecule has 8 nitrogen and oxygen atoms in total. The van der Waals surface area contributed by atoms with Crippen LogP contribution in [-0.4, -0.2) is 112 Å². The monoisotopic (exact) mass is 374 g/mol. The maximum Gasteiger partial charge on any atom is 0.254 e. The van der Waals surface area contributed by atoms with Crippen molar-refractivity contribution in [3.8, 4) is 0 Å². The van der Waals surface area contributed by atoms with E-state index in [1.165, 1.54) is 0 Å². The van der Waals surface area contributed by atoms with E-state index in [2.05, 4.69) is 4.90 Å². The number of amides is 1. The molecule has 2 fully saturated rings. The van der Waals surface area contributed by atoms with E-state index in [0.717, 1.165) is 32.5 Å². The van der Waals surface area contributed by atoms with Crippen LogP contribution in [0.4, 0.5) is 0 Å². The van der Waals surface area contributed by atoms with E-state index in [-0.39, 0.29) is 12.0 Å². The number of rotatable bonds is 10. The number of aliphatic hydroxyl groups excluding tert-OH is 1. The SMILES string of the molecule is COCCN(CCOC)CCC1CCC(O)C(C(=O)N2CCOCC2)O1. The van der Waals surface area contributed by atoms with Crippen molar-refractivity contribution in [1.82, 2.24) is 9.80 Å². The third kappa shape index (κ3) is 6.75. The minimum absolute atomic E-state index is 0.0130. The van der Waals surface area contributed by atoms with Crippen molar-refractivity contribution in [2.75, 3.05) is 73.4 Å². The zero-order valence-electron chi connectivity index (χ0n) is 16.1. The summed E-state index contributed by atoms with van der Waals surface area (Å²) in [5.74, 6) is -0.110. The lowest BCUT2D eigenvalue weighted by atomic mass is 9.98. The second kappa shape index (κ2) is 11.8. The average Bonchev–Trinajstić information content (AvgIpc) is 2.68. The fourth-order valence-electron chi connectivity index (χ4n) is 3.38. The second-order valence-corrected chi connectivity index (χ2v) is 6.88. The molecule has 0 aromatic heterocycles. The first-order chi connectivity index (χ1) is 12.7. The standard InChI is InChI=1S/C18H34N2O6/c1-23-11-7-19(8-12-24-2)6-5-15-3-4-16(21)17(26-15)18(22)20-9-13-25-14-10-20/h15-17,21H,3-14H2,1-2H3. The van der Waals surface area contributed by atoms with Crippen LogP contribution in [0.5, 0.6) is 0 Å². The van der Waals surface area contributed by atoms with Crippen LogP contribution in [0, 0.1) is 0 Å². The Hall–Kier alpha value is -0.770. The van der Waals surface area contributed by atoms with Crippen LogP contribution in [-0.2, 0) is 23.7 Å². The van der Waals surface area contributed by atoms with E-state index in [1.807, 2.05) is 0 Å². The number of aliphatic hydroxyl groups is 1. The van der Waals surface area contributed by atoms with Crippen LogP contribution in [0.3, 0.4) is 0 Å². The summed E-state index contributed by atoms with van der Waals surface area (Å²) in [6.45, 7) is 6.11. The van der Waals surface area contributed by atoms with Gasteiger partial charge >= 0.3 is 0 Å². The van der Waals surface area contributed by atoms with Gasteiger partial charge < -0.3 is 29.0 Å². The highest BCUT2D eigenvalue weighted by Crippen LogP contribution is 2.24. The Bertz CT molecular complexity index is 397. The van der Waals surface area contributed by atoms with Gasteiger partial charge in [0.2, 0.25) is 0 Å². The second-order valence-electron chi connectivity index (χ2n) is 6.88. The number of hydrogen-bond donors (Lipinski definition) is 1. The Labute approximate surface area is 156 Å². The first-order valence-electron chi connectivity index (χ1n) is 9.56. The van der Waals surface area contributed by atoms with Gasteiger partial charge in [-0.05, 0) is 19.3 Å². The minimum atomic E-state index is -0.752. The van der Waals surface area contributed by atoms with Gasteiger partial charge in [-0.2, -0.15) is 0 Å². The van der Waals surface area contributed by atoms with Gasteiger partial charge in [0, 0.05) is 46.9 Å². The predicted octanol–water partition coefficient (Wildman–Crippen LogP) is -0.261. The van der Waals surface area contributed by atoms with Crippen molar-refractivity contribution in [1.29, 1.82) is 0 Å². The molecule has 0 saturated carbocycles. The summed E-state index contributed by atoms with van der Waals surface area (Å²) in [5, 5.41) is 10.3. The molecule has 3 atom stereocenters. The molecule has 2 aliphatic rings. The van der Waals surface area contributed by atoms with Crippen molar-refractivity contribution in [2.45, 2.75) is 37.6 Å². The highest BCUT2D eigenvalue weighted by Gasteiger charge is 2.37. The molecule has 0 bridgehead atoms. The summed E-state index contributed by atoms with van der Waals surface area (Å²) in [7, 11) is 3.39. The molecule has 2 saturated heterocycles. The van der Waals surface area contributed by atoms with Crippen LogP contribution in [0.15, 0.2) is 0 Å². The number of hydrogen-bond acceptors (Lipinski definition) is 7. The van der Waals surface area contributed by atoms with Crippen LogP contribution in [0.1, 0.15) is 19.3 Å². The third-order valence-electron chi connectivity index (χ3n) is 5.03. The number of methoxy groups -OCH3 is 2. The fourth-order valence-corrected chi connectivity index (χ4v) is 3.38. The predicted molar refractivity (Wildman–Crippen MR) is 96.1 cm³/mol. The summed E-state index contributed by atoms with van der Waals surface area (Å²) < 4.78 is 21.6. The first-order valence-corrected chi connectivity index (χ1v) is 9.56. The Morgan fingerprint density at radius 3 is 2.38 bits per heavy atom. The maximum atomic E-state index is 12.7. The fraction of sp³-hybridized carbons (Fsp3) is 0.944. The van der Waals surface area contributed by atoms with Gasteiger partial charge in [-0.15, -0.1) is 0 Å². The lowest BCUT2D eigenvalue weighted by Gasteiger charge is -2.37. The summed E-state index contributed by atoms with van der Waals surface area (Å²) in [6, 6.07) is 0. The van der Waals surface area contributed by atoms with Crippen molar-refractivity contribution >= 4 is 5.91 Å². The highest BCUT2D eigenvalue weighted by molar-refractivity contribution is 5.81. The average molecular weight is 374 g/mol. The van der Waals surface area contributed by atoms with Crippen molar-refractivity contribution in [2.24, 2.45) is 0 Å². The molecule has 3 unspecified atom stereocenters. The van der Waals surface area contributed by atoms with Gasteiger partial charge in [0.25, 0.3) is 5.91 Å². The molecule has 0 spiro atoms. The van der Waals surface area contributed by atoms with E-state index in [1.54, 1.807) is 19.1 Å². The molecule has 26 heavy (non-hydrogen) atoms. The van der Waals surface area contributed by atoms with Gasteiger partial charge in [0.15, 0.2) is 6.10 Å². The molecule has 0 radical (unpaired) electrons. The maximum absolute atomic E-state index is 12.7. The number of morpholine rings is 1. The quantitative estimate of drug-likeness (QED) is 0.564. The van der Waals surface area contributed by atoms with Gasteiger partial charge in [0.1, 0.15) is 0 Å². The van der Waals surface area contributed by atoms with Crippen molar-refractivity contribution < 1.29 is 28.8 Å². The number of nitrogens with zero attached hydrogens (tertiary/aromatic N) is 2. The summed E-state index contributed by atoms with van der Waals surface area (Å²) in [5.41, 5.74) is 0. The summed E-state index contributed by atoms with van der Waals surface area (Å²) in [6.07, 6.45) is 0.712. The van der Waals surface area contributed by atoms with E-state index in [9.17, 15) is 9.90 Å². The minimum Gasteiger partial charge on any atom is -0.390 e. The molecule has 0 aromatic rings. The highest BCUT2D eigenvalue weighted by atomic mass is 16.5. The largest absolute Gasteiger partial charge is 0.390 e. The summed E-state index contributed by atoms with van der Waals surface area (Å²) in [4.78, 5) is 16.7. The number of ether oxygens (including phenoxy) is 4. The first kappa shape index (κ1) is 21.5. The normalized spacial score (nSPS) is 27.1. The topological polar surface area (TPSA) is 80.7 Å². The van der Waals surface area contributed by atoms with Crippen LogP contribution < -0.4 is 0 Å². The van der Waals surface area contributed by atoms with E-state index in [0.29, 0.717) is 45.9 Å². The molecule has 0 aromatic carbocycles. The molecule has 2 heterocycles. The lowest BCUT2D eigenvalue weighted by Crippen LogP contribution is -2.53. The molecule has 8 heteroatoms. The Morgan fingerprint density at radius 1 is 1.12 bits per heavy atom. The van der Waals surface area contributed by atoms with E-state index in [4.69, 9.17) is 18.9 Å². The van der Waals surface area contributed by atoms with Gasteiger partial charge in [-0.25, -0.2) is 0 Å². The molecule has 152 valence electrons. The number of carbonyl (C=O) groups is 1. The third-order valence-corrected chi connectivity index (χ3v) is 5.03. The number of carbonyl (C=O) groups excluding carboxylic acids is 1. The molecule has 1 N–H and O–H groups in total. The molecular weight excluding hydrogens is 340 g/mol. The van der Waals surface area contributed by atoms with Gasteiger partial charge in [-0.3, -0.25) is 9.69 Å². The van der Waals surface area contributed by atoms with Gasteiger partial charge in [-0.1, -0.05) is 0 Å². The smallest absolute Gasteiger partial charge is 0.254 e. The van der Waals surface area contributed by atoms with Crippen LogP contribution in [0.2, 0.25) is 0 Å². The summed E-state index contributed by atoms with van der Waals surface area (Å²) >= 11 is 0. The van der Waals surface area contributed by atoms with Crippen LogP contribution in [0.25, 0.3) is 0 Å². The van der Waals surface area contributed by atoms with Crippen molar-refractivity contribution in [3.63, 3.8) is 0 Å². The molecule has 2 aliphatic heterocycles. The molecule has 0 aliphatic carbocycles. The molecule has 1 amide bonds. The van der Waals surface area contributed by atoms with Crippen molar-refractivity contribution in [3.05, 3.63) is 0 Å². The Balaban J connectivity index is 1.82. The Morgan fingerprint density at radius 2 is 1.77 bits per heavy atom. The van der Waals surface area contributed by atoms with E-state index < -0.39 is 12.2 Å². The Kier molecular flexibility index (Phi) is 9.80. The van der Waals surface area contributed by atoms with Crippen LogP contribution >= 0.6 is 0 Å². The zero-order chi connectivity index (χ0) is 18.8.